The van der Waals surface area contributed by atoms with E-state index in [-0.39, 0.29) is 0 Å². The largest absolute Gasteiger partial charge is 0.306 e. The van der Waals surface area contributed by atoms with Gasteiger partial charge in [-0.1, -0.05) is 200 Å². The number of aromatic nitrogens is 4. The quantitative estimate of drug-likeness (QED) is 0.167. The van der Waals surface area contributed by atoms with E-state index in [0.717, 1.165) is 120 Å². The minimum absolute atomic E-state index is 0.371. The summed E-state index contributed by atoms with van der Waals surface area (Å²) in [6.45, 7) is 0. The Morgan fingerprint density at radius 1 is 0.272 bits per heavy atom. The predicted octanol–water partition coefficient (Wildman–Crippen LogP) is 19.5. The molecule has 0 radical (unpaired) electrons. The molecule has 0 fully saturated rings. The summed E-state index contributed by atoms with van der Waals surface area (Å²) < 4.78 is 11.6. The Labute approximate surface area is 467 Å². The number of fused-ring (bicyclic) bond motifs is 16. The maximum absolute atomic E-state index is 12.7. The number of nitriles is 2. The summed E-state index contributed by atoms with van der Waals surface area (Å²) in [5.74, 6) is 0. The number of rotatable bonds is 6. The van der Waals surface area contributed by atoms with Crippen LogP contribution < -0.4 is 0 Å². The highest BCUT2D eigenvalue weighted by Gasteiger charge is 2.35. The van der Waals surface area contributed by atoms with E-state index in [2.05, 4.69) is 273 Å². The van der Waals surface area contributed by atoms with Gasteiger partial charge in [0.15, 0.2) is 0 Å². The highest BCUT2D eigenvalue weighted by Crippen LogP contribution is 2.51. The van der Waals surface area contributed by atoms with Crippen LogP contribution in [0.2, 0.25) is 0 Å². The van der Waals surface area contributed by atoms with E-state index in [0.29, 0.717) is 33.9 Å². The molecule has 0 atom stereocenters. The van der Waals surface area contributed by atoms with Gasteiger partial charge in [0.25, 0.3) is 0 Å². The number of hydrogen-bond acceptors (Lipinski definition) is 3. The third-order valence-electron chi connectivity index (χ3n) is 16.8. The van der Waals surface area contributed by atoms with E-state index in [1.165, 1.54) is 10.1 Å². The molecule has 0 bridgehead atoms. The van der Waals surface area contributed by atoms with Crippen LogP contribution >= 0.6 is 11.3 Å². The van der Waals surface area contributed by atoms with E-state index in [1.54, 1.807) is 11.3 Å². The number of nitrogens with zero attached hydrogens (tertiary/aromatic N) is 6. The molecular weight excluding hydrogens is 1000 g/mol. The van der Waals surface area contributed by atoms with Gasteiger partial charge < -0.3 is 18.3 Å². The summed E-state index contributed by atoms with van der Waals surface area (Å²) in [5, 5.41) is 36.0. The van der Waals surface area contributed by atoms with Gasteiger partial charge in [-0.3, -0.25) is 0 Å². The lowest BCUT2D eigenvalue weighted by Gasteiger charge is -2.27. The smallest absolute Gasteiger partial charge is 0.104 e. The van der Waals surface area contributed by atoms with Crippen LogP contribution in [0.4, 0.5) is 0 Å². The third kappa shape index (κ3) is 6.24. The van der Waals surface area contributed by atoms with Crippen LogP contribution in [0.25, 0.3) is 152 Å². The lowest BCUT2D eigenvalue weighted by atomic mass is 9.94. The standard InChI is InChI=1S/C74H42N6S/c75-43-59-69(77-61-31-13-6-24-49(61)50-25-7-14-32-62(50)77)60(44-76)71(79-65-35-17-10-28-53(65)54-29-11-18-36-66(54)79)73(70(59)78-63-33-15-8-26-51(63)52-27-9-16-34-64(52)78)80-67-41-38-46(48-23-5-4-22-47(48)45-20-2-1-3-21-45)42-58(67)56-39-40-57-55-30-12-19-37-68(55)81-74(57)72(56)80/h1-42H. The summed E-state index contributed by atoms with van der Waals surface area (Å²) in [7, 11) is 0. The highest BCUT2D eigenvalue weighted by molar-refractivity contribution is 7.26. The molecule has 0 saturated carbocycles. The van der Waals surface area contributed by atoms with Crippen molar-refractivity contribution in [1.29, 1.82) is 10.5 Å². The molecule has 81 heavy (non-hydrogen) atoms. The Kier molecular flexibility index (Phi) is 9.62. The van der Waals surface area contributed by atoms with Crippen molar-refractivity contribution >= 4 is 119 Å². The van der Waals surface area contributed by atoms with Crippen molar-refractivity contribution in [2.75, 3.05) is 0 Å². The minimum Gasteiger partial charge on any atom is -0.306 e. The van der Waals surface area contributed by atoms with Crippen LogP contribution in [0, 0.1) is 22.7 Å². The molecule has 374 valence electrons. The van der Waals surface area contributed by atoms with Gasteiger partial charge in [-0.25, -0.2) is 0 Å². The number of benzene rings is 12. The second-order valence-corrected chi connectivity index (χ2v) is 21.9. The molecular formula is C74H42N6S. The van der Waals surface area contributed by atoms with E-state index in [9.17, 15) is 10.5 Å². The maximum atomic E-state index is 12.7. The first-order valence-electron chi connectivity index (χ1n) is 27.2. The molecule has 0 unspecified atom stereocenters. The maximum Gasteiger partial charge on any atom is 0.104 e. The second-order valence-electron chi connectivity index (χ2n) is 20.9. The van der Waals surface area contributed by atoms with Crippen LogP contribution in [0.15, 0.2) is 255 Å². The second kappa shape index (κ2) is 17.3. The highest BCUT2D eigenvalue weighted by atomic mass is 32.1. The molecule has 0 saturated heterocycles. The zero-order chi connectivity index (χ0) is 53.4. The van der Waals surface area contributed by atoms with Crippen molar-refractivity contribution < 1.29 is 0 Å². The SMILES string of the molecule is N#Cc1c(-n2c3ccccc3c3ccccc32)c(C#N)c(-n2c3ccccc3c3ccccc32)c(-n2c3ccc(-c4ccccc4-c4ccccc4)cc3c3ccc4c5ccccc5sc4c32)c1-n1c2ccccc2c2ccccc21. The Morgan fingerprint density at radius 2 is 0.654 bits per heavy atom. The van der Waals surface area contributed by atoms with E-state index in [1.807, 2.05) is 12.1 Å². The van der Waals surface area contributed by atoms with Crippen LogP contribution in [0.5, 0.6) is 0 Å². The summed E-state index contributed by atoms with van der Waals surface area (Å²) in [6, 6.07) is 96.1. The van der Waals surface area contributed by atoms with Gasteiger partial charge in [-0.15, -0.1) is 11.3 Å². The first kappa shape index (κ1) is 45.1. The average Bonchev–Trinajstić information content (AvgIpc) is 3.22. The van der Waals surface area contributed by atoms with Gasteiger partial charge in [-0.05, 0) is 76.9 Å². The van der Waals surface area contributed by atoms with E-state index < -0.39 is 0 Å². The van der Waals surface area contributed by atoms with Crippen molar-refractivity contribution in [3.05, 3.63) is 266 Å². The molecule has 17 aromatic rings. The van der Waals surface area contributed by atoms with E-state index >= 15 is 0 Å². The Hall–Kier alpha value is -11.0. The first-order valence-corrected chi connectivity index (χ1v) is 28.0. The molecule has 7 heteroatoms. The van der Waals surface area contributed by atoms with Crippen LogP contribution in [0.1, 0.15) is 11.1 Å². The number of hydrogen-bond donors (Lipinski definition) is 0. The summed E-state index contributed by atoms with van der Waals surface area (Å²) in [4.78, 5) is 0. The zero-order valence-corrected chi connectivity index (χ0v) is 44.2. The Morgan fingerprint density at radius 3 is 1.14 bits per heavy atom. The monoisotopic (exact) mass is 1050 g/mol. The van der Waals surface area contributed by atoms with Gasteiger partial charge in [0.2, 0.25) is 0 Å². The lowest BCUT2D eigenvalue weighted by molar-refractivity contribution is 1.02. The average molecular weight is 1050 g/mol. The number of para-hydroxylation sites is 6. The molecule has 6 nitrogen and oxygen atoms in total. The summed E-state index contributed by atoms with van der Waals surface area (Å²) in [6.07, 6.45) is 0. The van der Waals surface area contributed by atoms with Crippen molar-refractivity contribution in [3.63, 3.8) is 0 Å². The Bertz CT molecular complexity index is 5320. The van der Waals surface area contributed by atoms with Gasteiger partial charge in [0.1, 0.15) is 23.3 Å². The predicted molar refractivity (Wildman–Crippen MR) is 337 cm³/mol. The molecule has 0 N–H and O–H groups in total. The van der Waals surface area contributed by atoms with Gasteiger partial charge in [0, 0.05) is 58.6 Å². The molecule has 0 spiro atoms. The molecule has 5 aromatic heterocycles. The molecule has 0 aliphatic rings. The minimum atomic E-state index is 0.371. The molecule has 0 aliphatic carbocycles. The van der Waals surface area contributed by atoms with Gasteiger partial charge >= 0.3 is 0 Å². The van der Waals surface area contributed by atoms with Gasteiger partial charge in [0.05, 0.1) is 71.6 Å². The van der Waals surface area contributed by atoms with Crippen molar-refractivity contribution in [3.8, 4) is 57.1 Å². The van der Waals surface area contributed by atoms with Crippen molar-refractivity contribution in [2.45, 2.75) is 0 Å². The molecule has 0 amide bonds. The van der Waals surface area contributed by atoms with Crippen LogP contribution in [-0.4, -0.2) is 18.3 Å². The molecule has 5 heterocycles. The van der Waals surface area contributed by atoms with Crippen molar-refractivity contribution in [1.82, 2.24) is 18.3 Å². The molecule has 0 aliphatic heterocycles. The fraction of sp³-hybridized carbons (Fsp3) is 0. The molecule has 12 aromatic carbocycles. The fourth-order valence-electron chi connectivity index (χ4n) is 13.6. The lowest BCUT2D eigenvalue weighted by Crippen LogP contribution is -2.17. The third-order valence-corrected chi connectivity index (χ3v) is 18.0. The molecule has 17 rings (SSSR count). The number of thiophene rings is 1. The Balaban J connectivity index is 1.17. The first-order chi connectivity index (χ1) is 40.2. The summed E-state index contributed by atoms with van der Waals surface area (Å²) in [5.41, 5.74) is 15.3. The topological polar surface area (TPSA) is 67.3 Å². The van der Waals surface area contributed by atoms with Crippen LogP contribution in [-0.2, 0) is 0 Å². The van der Waals surface area contributed by atoms with E-state index in [4.69, 9.17) is 0 Å². The zero-order valence-electron chi connectivity index (χ0n) is 43.3. The summed E-state index contributed by atoms with van der Waals surface area (Å²) >= 11 is 1.79. The normalized spacial score (nSPS) is 11.9. The van der Waals surface area contributed by atoms with Gasteiger partial charge in [-0.2, -0.15) is 10.5 Å². The van der Waals surface area contributed by atoms with Crippen LogP contribution in [0.3, 0.4) is 0 Å². The van der Waals surface area contributed by atoms with Crippen molar-refractivity contribution in [2.24, 2.45) is 0 Å². The fourth-order valence-corrected chi connectivity index (χ4v) is 14.8.